The molecule has 1 N–H and O–H groups in total. The minimum absolute atomic E-state index is 0.0125. The summed E-state index contributed by atoms with van der Waals surface area (Å²) in [6.07, 6.45) is 23.9. The van der Waals surface area contributed by atoms with E-state index in [1.807, 2.05) is 0 Å². The summed E-state index contributed by atoms with van der Waals surface area (Å²) in [6.45, 7) is 5.42. The fourth-order valence-electron chi connectivity index (χ4n) is 4.88. The second-order valence-corrected chi connectivity index (χ2v) is 13.1. The molecular weight excluding hydrogens is 518 g/mol. The van der Waals surface area contributed by atoms with Crippen molar-refractivity contribution in [1.82, 2.24) is 4.31 Å². The van der Waals surface area contributed by atoms with Crippen molar-refractivity contribution in [2.24, 2.45) is 0 Å². The molecule has 0 aromatic heterocycles. The monoisotopic (exact) mass is 571 g/mol. The van der Waals surface area contributed by atoms with Crippen molar-refractivity contribution in [2.75, 3.05) is 13.1 Å². The molecule has 0 saturated carbocycles. The molecule has 1 rings (SSSR count). The molecular formula is C31H54ClNO4S. The first-order valence-electron chi connectivity index (χ1n) is 15.4. The van der Waals surface area contributed by atoms with Gasteiger partial charge in [0.2, 0.25) is 10.0 Å². The third-order valence-electron chi connectivity index (χ3n) is 7.33. The van der Waals surface area contributed by atoms with Crippen LogP contribution in [0, 0.1) is 0 Å². The van der Waals surface area contributed by atoms with Crippen LogP contribution in [0.5, 0.6) is 0 Å². The first-order chi connectivity index (χ1) is 18.3. The number of unbranched alkanes of at least 4 members (excludes halogenated alkanes) is 18. The van der Waals surface area contributed by atoms with E-state index >= 15 is 0 Å². The summed E-state index contributed by atoms with van der Waals surface area (Å²) < 4.78 is 28.5. The van der Waals surface area contributed by atoms with E-state index in [4.69, 9.17) is 11.6 Å². The van der Waals surface area contributed by atoms with E-state index in [1.54, 1.807) is 4.31 Å². The highest BCUT2D eigenvalue weighted by atomic mass is 35.5. The van der Waals surface area contributed by atoms with E-state index in [9.17, 15) is 18.3 Å². The maximum atomic E-state index is 13.5. The van der Waals surface area contributed by atoms with Crippen LogP contribution in [0.3, 0.4) is 0 Å². The van der Waals surface area contributed by atoms with Crippen LogP contribution < -0.4 is 0 Å². The predicted molar refractivity (Wildman–Crippen MR) is 161 cm³/mol. The van der Waals surface area contributed by atoms with Crippen LogP contribution in [-0.2, 0) is 10.0 Å². The molecule has 0 saturated heterocycles. The maximum Gasteiger partial charge on any atom is 0.337 e. The van der Waals surface area contributed by atoms with E-state index in [-0.39, 0.29) is 15.5 Å². The van der Waals surface area contributed by atoms with Crippen molar-refractivity contribution in [1.29, 1.82) is 0 Å². The van der Waals surface area contributed by atoms with Crippen molar-refractivity contribution in [3.63, 3.8) is 0 Å². The Balaban J connectivity index is 2.58. The lowest BCUT2D eigenvalue weighted by Gasteiger charge is -2.23. The largest absolute Gasteiger partial charge is 0.478 e. The Hall–Kier alpha value is -1.11. The summed E-state index contributed by atoms with van der Waals surface area (Å²) in [5.74, 6) is -1.22. The van der Waals surface area contributed by atoms with Gasteiger partial charge in [0.25, 0.3) is 0 Å². The Labute approximate surface area is 238 Å². The van der Waals surface area contributed by atoms with Gasteiger partial charge in [0.1, 0.15) is 0 Å². The highest BCUT2D eigenvalue weighted by molar-refractivity contribution is 7.89. The first-order valence-corrected chi connectivity index (χ1v) is 17.2. The number of rotatable bonds is 25. The molecule has 0 spiro atoms. The molecule has 0 aliphatic rings. The lowest BCUT2D eigenvalue weighted by Crippen LogP contribution is -2.33. The third kappa shape index (κ3) is 14.9. The molecule has 0 unspecified atom stereocenters. The van der Waals surface area contributed by atoms with E-state index in [2.05, 4.69) is 13.8 Å². The Kier molecular flexibility index (Phi) is 19.9. The van der Waals surface area contributed by atoms with Crippen molar-refractivity contribution in [3.8, 4) is 0 Å². The van der Waals surface area contributed by atoms with E-state index in [1.165, 1.54) is 108 Å². The normalized spacial score (nSPS) is 11.9. The number of hydrogen-bond donors (Lipinski definition) is 1. The smallest absolute Gasteiger partial charge is 0.337 e. The lowest BCUT2D eigenvalue weighted by molar-refractivity contribution is 0.0697. The van der Waals surface area contributed by atoms with Gasteiger partial charge in [0.15, 0.2) is 0 Å². The quantitative estimate of drug-likeness (QED) is 0.118. The van der Waals surface area contributed by atoms with Gasteiger partial charge in [-0.1, -0.05) is 141 Å². The first kappa shape index (κ1) is 34.9. The zero-order valence-corrected chi connectivity index (χ0v) is 25.8. The minimum atomic E-state index is -3.78. The van der Waals surface area contributed by atoms with Crippen molar-refractivity contribution in [3.05, 3.63) is 28.8 Å². The second-order valence-electron chi connectivity index (χ2n) is 10.7. The maximum absolute atomic E-state index is 13.5. The van der Waals surface area contributed by atoms with Gasteiger partial charge in [-0.3, -0.25) is 0 Å². The molecule has 0 aliphatic heterocycles. The molecule has 1 aromatic rings. The summed E-state index contributed by atoms with van der Waals surface area (Å²) in [4.78, 5) is 11.5. The fraction of sp³-hybridized carbons (Fsp3) is 0.774. The fourth-order valence-corrected chi connectivity index (χ4v) is 6.62. The standard InChI is InChI=1S/C31H54ClNO4S/c1-3-5-7-9-11-13-15-17-19-21-25-33(26-22-20-18-16-14-12-10-8-6-4-2)38(36,37)28-23-24-30(32)29(27-28)31(34)35/h23-24,27H,3-22,25-26H2,1-2H3,(H,34,35). The van der Waals surface area contributed by atoms with Crippen LogP contribution >= 0.6 is 11.6 Å². The highest BCUT2D eigenvalue weighted by Gasteiger charge is 2.25. The molecule has 7 heteroatoms. The Morgan fingerprint density at radius 2 is 1.05 bits per heavy atom. The molecule has 0 radical (unpaired) electrons. The number of hydrogen-bond acceptors (Lipinski definition) is 3. The van der Waals surface area contributed by atoms with E-state index in [0.717, 1.165) is 38.5 Å². The van der Waals surface area contributed by atoms with Crippen LogP contribution in [0.2, 0.25) is 5.02 Å². The summed E-state index contributed by atoms with van der Waals surface area (Å²) in [6, 6.07) is 4.00. The minimum Gasteiger partial charge on any atom is -0.478 e. The van der Waals surface area contributed by atoms with Gasteiger partial charge >= 0.3 is 5.97 Å². The molecule has 1 aromatic carbocycles. The predicted octanol–water partition coefficient (Wildman–Crippen LogP) is 9.87. The lowest BCUT2D eigenvalue weighted by atomic mass is 10.1. The molecule has 0 bridgehead atoms. The van der Waals surface area contributed by atoms with Gasteiger partial charge in [-0.25, -0.2) is 13.2 Å². The van der Waals surface area contributed by atoms with Gasteiger partial charge in [0.05, 0.1) is 15.5 Å². The van der Waals surface area contributed by atoms with Crippen LogP contribution in [0.25, 0.3) is 0 Å². The van der Waals surface area contributed by atoms with Crippen molar-refractivity contribution < 1.29 is 18.3 Å². The Morgan fingerprint density at radius 1 is 0.684 bits per heavy atom. The van der Waals surface area contributed by atoms with Gasteiger partial charge in [0, 0.05) is 13.1 Å². The second kappa shape index (κ2) is 21.7. The third-order valence-corrected chi connectivity index (χ3v) is 9.55. The topological polar surface area (TPSA) is 74.7 Å². The Bertz CT molecular complexity index is 835. The number of aromatic carboxylic acids is 1. The number of sulfonamides is 1. The zero-order valence-electron chi connectivity index (χ0n) is 24.2. The van der Waals surface area contributed by atoms with E-state index < -0.39 is 16.0 Å². The van der Waals surface area contributed by atoms with E-state index in [0.29, 0.717) is 13.1 Å². The van der Waals surface area contributed by atoms with Gasteiger partial charge in [-0.2, -0.15) is 4.31 Å². The number of carboxylic acid groups (broad SMARTS) is 1. The molecule has 0 fully saturated rings. The zero-order chi connectivity index (χ0) is 28.1. The number of halogens is 1. The number of carboxylic acids is 1. The molecule has 220 valence electrons. The van der Waals surface area contributed by atoms with Gasteiger partial charge < -0.3 is 5.11 Å². The molecule has 0 heterocycles. The van der Waals surface area contributed by atoms with Crippen LogP contribution in [0.15, 0.2) is 23.1 Å². The van der Waals surface area contributed by atoms with Crippen molar-refractivity contribution in [2.45, 2.75) is 147 Å². The van der Waals surface area contributed by atoms with Crippen molar-refractivity contribution >= 4 is 27.6 Å². The van der Waals surface area contributed by atoms with Gasteiger partial charge in [-0.15, -0.1) is 0 Å². The summed E-state index contributed by atoms with van der Waals surface area (Å²) in [5, 5.41) is 9.46. The average Bonchev–Trinajstić information content (AvgIpc) is 2.89. The van der Waals surface area contributed by atoms with Crippen LogP contribution in [-0.4, -0.2) is 36.9 Å². The summed E-state index contributed by atoms with van der Waals surface area (Å²) >= 11 is 5.99. The molecule has 0 aliphatic carbocycles. The van der Waals surface area contributed by atoms with Crippen LogP contribution in [0.4, 0.5) is 0 Å². The van der Waals surface area contributed by atoms with Crippen LogP contribution in [0.1, 0.15) is 153 Å². The van der Waals surface area contributed by atoms with Gasteiger partial charge in [-0.05, 0) is 31.0 Å². The average molecular weight is 572 g/mol. The molecule has 0 amide bonds. The summed E-state index contributed by atoms with van der Waals surface area (Å²) in [5.41, 5.74) is -0.175. The molecule has 38 heavy (non-hydrogen) atoms. The molecule has 0 atom stereocenters. The number of carbonyl (C=O) groups is 1. The summed E-state index contributed by atoms with van der Waals surface area (Å²) in [7, 11) is -3.78. The Morgan fingerprint density at radius 3 is 1.42 bits per heavy atom. The number of nitrogens with zero attached hydrogens (tertiary/aromatic N) is 1. The number of benzene rings is 1. The molecule has 5 nitrogen and oxygen atoms in total. The SMILES string of the molecule is CCCCCCCCCCCCN(CCCCCCCCCCCC)S(=O)(=O)c1ccc(Cl)c(C(=O)O)c1. The highest BCUT2D eigenvalue weighted by Crippen LogP contribution is 2.24.